The van der Waals surface area contributed by atoms with Gasteiger partial charge in [0, 0.05) is 12.3 Å². The van der Waals surface area contributed by atoms with Crippen LogP contribution in [-0.4, -0.2) is 33.5 Å². The Bertz CT molecular complexity index is 509. The molecular formula is C24H42O4. The molecule has 1 aliphatic rings. The highest BCUT2D eigenvalue weighted by Gasteiger charge is 2.32. The Morgan fingerprint density at radius 2 is 1.86 bits per heavy atom. The molecule has 4 nitrogen and oxygen atoms in total. The molecule has 28 heavy (non-hydrogen) atoms. The van der Waals surface area contributed by atoms with E-state index in [2.05, 4.69) is 20.8 Å². The number of carbonyl (C=O) groups is 1. The zero-order valence-electron chi connectivity index (χ0n) is 18.2. The molecule has 0 amide bonds. The molecule has 1 unspecified atom stereocenters. The zero-order valence-corrected chi connectivity index (χ0v) is 18.2. The Morgan fingerprint density at radius 1 is 1.14 bits per heavy atom. The van der Waals surface area contributed by atoms with Gasteiger partial charge in [0.15, 0.2) is 0 Å². The van der Waals surface area contributed by atoms with Gasteiger partial charge in [0.2, 0.25) is 0 Å². The first kappa shape index (κ1) is 24.9. The highest BCUT2D eigenvalue weighted by atomic mass is 16.4. The van der Waals surface area contributed by atoms with Crippen LogP contribution in [0, 0.1) is 11.8 Å². The average molecular weight is 395 g/mol. The van der Waals surface area contributed by atoms with E-state index in [4.69, 9.17) is 5.11 Å². The molecule has 4 heteroatoms. The van der Waals surface area contributed by atoms with Crippen molar-refractivity contribution in [1.82, 2.24) is 0 Å². The van der Waals surface area contributed by atoms with Gasteiger partial charge in [0.25, 0.3) is 0 Å². The van der Waals surface area contributed by atoms with Crippen LogP contribution in [0.3, 0.4) is 0 Å². The van der Waals surface area contributed by atoms with Gasteiger partial charge in [-0.15, -0.1) is 0 Å². The normalized spacial score (nSPS) is 22.2. The molecule has 0 aromatic heterocycles. The molecule has 3 N–H and O–H groups in total. The van der Waals surface area contributed by atoms with Crippen LogP contribution in [0.5, 0.6) is 0 Å². The van der Waals surface area contributed by atoms with Crippen LogP contribution in [-0.2, 0) is 4.79 Å². The molecule has 162 valence electrons. The smallest absolute Gasteiger partial charge is 0.303 e. The van der Waals surface area contributed by atoms with Crippen molar-refractivity contribution in [2.24, 2.45) is 11.8 Å². The van der Waals surface area contributed by atoms with Gasteiger partial charge in [-0.05, 0) is 44.4 Å². The van der Waals surface area contributed by atoms with Gasteiger partial charge in [-0.25, -0.2) is 0 Å². The molecule has 0 radical (unpaired) electrons. The number of aliphatic hydroxyl groups excluding tert-OH is 2. The van der Waals surface area contributed by atoms with Crippen molar-refractivity contribution in [3.8, 4) is 0 Å². The average Bonchev–Trinajstić information content (AvgIpc) is 2.97. The topological polar surface area (TPSA) is 77.8 Å². The highest BCUT2D eigenvalue weighted by molar-refractivity contribution is 5.66. The quantitative estimate of drug-likeness (QED) is 0.248. The predicted molar refractivity (Wildman–Crippen MR) is 115 cm³/mol. The molecule has 0 saturated heterocycles. The predicted octanol–water partition coefficient (Wildman–Crippen LogP) is 5.63. The molecule has 0 heterocycles. The monoisotopic (exact) mass is 394 g/mol. The Hall–Kier alpha value is -1.13. The van der Waals surface area contributed by atoms with Crippen LogP contribution < -0.4 is 0 Å². The van der Waals surface area contributed by atoms with E-state index in [9.17, 15) is 15.0 Å². The lowest BCUT2D eigenvalue weighted by molar-refractivity contribution is -0.137. The van der Waals surface area contributed by atoms with E-state index in [0.29, 0.717) is 5.92 Å². The third-order valence-electron chi connectivity index (χ3n) is 6.10. The van der Waals surface area contributed by atoms with Crippen LogP contribution in [0.25, 0.3) is 0 Å². The Labute approximate surface area is 171 Å². The second-order valence-electron chi connectivity index (χ2n) is 8.41. The van der Waals surface area contributed by atoms with Crippen molar-refractivity contribution < 1.29 is 20.1 Å². The SMILES string of the molecule is CCCCC[C@H](O)/C=C/[C@@H]1C(CCCCCCC(=O)O)=C(C(C)CC)C[C@H]1O. The molecule has 0 aromatic carbocycles. The van der Waals surface area contributed by atoms with E-state index in [0.717, 1.165) is 70.6 Å². The van der Waals surface area contributed by atoms with Gasteiger partial charge < -0.3 is 15.3 Å². The number of unbranched alkanes of at least 4 members (excludes halogenated alkanes) is 5. The van der Waals surface area contributed by atoms with E-state index < -0.39 is 12.1 Å². The number of hydrogen-bond acceptors (Lipinski definition) is 3. The van der Waals surface area contributed by atoms with Crippen molar-refractivity contribution in [3.63, 3.8) is 0 Å². The third-order valence-corrected chi connectivity index (χ3v) is 6.10. The molecule has 0 fully saturated rings. The van der Waals surface area contributed by atoms with Crippen molar-refractivity contribution in [3.05, 3.63) is 23.3 Å². The second kappa shape index (κ2) is 13.9. The highest BCUT2D eigenvalue weighted by Crippen LogP contribution is 2.41. The first-order chi connectivity index (χ1) is 13.4. The molecule has 0 spiro atoms. The minimum atomic E-state index is -0.719. The molecule has 0 aliphatic heterocycles. The molecule has 1 rings (SSSR count). The van der Waals surface area contributed by atoms with E-state index in [-0.39, 0.29) is 18.4 Å². The summed E-state index contributed by atoms with van der Waals surface area (Å²) in [5.41, 5.74) is 2.76. The minimum absolute atomic E-state index is 0.0174. The lowest BCUT2D eigenvalue weighted by atomic mass is 9.89. The van der Waals surface area contributed by atoms with E-state index in [1.54, 1.807) is 0 Å². The zero-order chi connectivity index (χ0) is 20.9. The van der Waals surface area contributed by atoms with Crippen LogP contribution in [0.1, 0.15) is 97.8 Å². The Balaban J connectivity index is 2.68. The van der Waals surface area contributed by atoms with E-state index in [1.165, 1.54) is 11.1 Å². The van der Waals surface area contributed by atoms with Crippen LogP contribution in [0.2, 0.25) is 0 Å². The number of hydrogen-bond donors (Lipinski definition) is 3. The van der Waals surface area contributed by atoms with Crippen LogP contribution in [0.4, 0.5) is 0 Å². The van der Waals surface area contributed by atoms with Crippen molar-refractivity contribution in [2.45, 2.75) is 110 Å². The molecule has 0 aromatic rings. The summed E-state index contributed by atoms with van der Waals surface area (Å²) in [6.45, 7) is 6.58. The Morgan fingerprint density at radius 3 is 2.50 bits per heavy atom. The van der Waals surface area contributed by atoms with Gasteiger partial charge in [-0.2, -0.15) is 0 Å². The fourth-order valence-electron chi connectivity index (χ4n) is 4.16. The molecular weight excluding hydrogens is 352 g/mol. The number of carboxylic acids is 1. The number of carboxylic acid groups (broad SMARTS) is 1. The molecule has 1 aliphatic carbocycles. The summed E-state index contributed by atoms with van der Waals surface area (Å²) >= 11 is 0. The summed E-state index contributed by atoms with van der Waals surface area (Å²) < 4.78 is 0. The summed E-state index contributed by atoms with van der Waals surface area (Å²) in [4.78, 5) is 10.6. The fourth-order valence-corrected chi connectivity index (χ4v) is 4.16. The standard InChI is InChI=1S/C24H42O4/c1-4-6-9-12-19(25)15-16-21-20(13-10-7-8-11-14-24(27)28)22(17-23(21)26)18(3)5-2/h15-16,18-19,21,23,25-26H,4-14,17H2,1-3H3,(H,27,28)/b16-15+/t18?,19-,21+,23+/m0/s1. The van der Waals surface area contributed by atoms with E-state index in [1.807, 2.05) is 12.2 Å². The van der Waals surface area contributed by atoms with Crippen LogP contribution in [0.15, 0.2) is 23.3 Å². The minimum Gasteiger partial charge on any atom is -0.481 e. The van der Waals surface area contributed by atoms with Gasteiger partial charge in [0.05, 0.1) is 12.2 Å². The molecule has 0 bridgehead atoms. The van der Waals surface area contributed by atoms with Crippen molar-refractivity contribution in [1.29, 1.82) is 0 Å². The first-order valence-electron chi connectivity index (χ1n) is 11.4. The number of rotatable bonds is 15. The van der Waals surface area contributed by atoms with Gasteiger partial charge >= 0.3 is 5.97 Å². The molecule has 4 atom stereocenters. The van der Waals surface area contributed by atoms with Gasteiger partial charge in [0.1, 0.15) is 0 Å². The summed E-state index contributed by atoms with van der Waals surface area (Å²) in [5.74, 6) is -0.225. The lowest BCUT2D eigenvalue weighted by Gasteiger charge is -2.17. The van der Waals surface area contributed by atoms with Crippen LogP contribution >= 0.6 is 0 Å². The first-order valence-corrected chi connectivity index (χ1v) is 11.4. The summed E-state index contributed by atoms with van der Waals surface area (Å²) in [6, 6.07) is 0. The van der Waals surface area contributed by atoms with Gasteiger partial charge in [-0.1, -0.05) is 76.2 Å². The Kier molecular flexibility index (Phi) is 12.4. The second-order valence-corrected chi connectivity index (χ2v) is 8.41. The third kappa shape index (κ3) is 8.91. The number of aliphatic hydroxyl groups is 2. The maximum Gasteiger partial charge on any atom is 0.303 e. The van der Waals surface area contributed by atoms with E-state index >= 15 is 0 Å². The number of aliphatic carboxylic acids is 1. The van der Waals surface area contributed by atoms with Crippen molar-refractivity contribution >= 4 is 5.97 Å². The largest absolute Gasteiger partial charge is 0.481 e. The fraction of sp³-hybridized carbons (Fsp3) is 0.792. The van der Waals surface area contributed by atoms with Crippen molar-refractivity contribution in [2.75, 3.05) is 0 Å². The summed E-state index contributed by atoms with van der Waals surface area (Å²) in [6.07, 6.45) is 14.0. The van der Waals surface area contributed by atoms with Gasteiger partial charge in [-0.3, -0.25) is 4.79 Å². The lowest BCUT2D eigenvalue weighted by Crippen LogP contribution is -2.15. The maximum absolute atomic E-state index is 10.7. The summed E-state index contributed by atoms with van der Waals surface area (Å²) in [5, 5.41) is 29.6. The summed E-state index contributed by atoms with van der Waals surface area (Å²) in [7, 11) is 0. The maximum atomic E-state index is 10.7. The molecule has 0 saturated carbocycles.